The smallest absolute Gasteiger partial charge is 0.229 e. The monoisotopic (exact) mass is 248 g/mol. The van der Waals surface area contributed by atoms with E-state index in [0.29, 0.717) is 25.4 Å². The number of benzene rings is 1. The Morgan fingerprint density at radius 1 is 1.56 bits per heavy atom. The zero-order chi connectivity index (χ0) is 13.1. The summed E-state index contributed by atoms with van der Waals surface area (Å²) in [6.07, 6.45) is 0.121. The molecule has 1 saturated heterocycles. The molecule has 1 aliphatic heterocycles. The highest BCUT2D eigenvalue weighted by Gasteiger charge is 2.26. The van der Waals surface area contributed by atoms with Gasteiger partial charge in [0.05, 0.1) is 18.6 Å². The van der Waals surface area contributed by atoms with Crippen molar-refractivity contribution in [2.24, 2.45) is 0 Å². The van der Waals surface area contributed by atoms with E-state index in [4.69, 9.17) is 10.5 Å². The van der Waals surface area contributed by atoms with Crippen molar-refractivity contribution in [1.29, 1.82) is 0 Å². The molecule has 18 heavy (non-hydrogen) atoms. The van der Waals surface area contributed by atoms with Crippen molar-refractivity contribution in [3.8, 4) is 0 Å². The molecule has 2 atom stereocenters. The minimum Gasteiger partial charge on any atom is -0.399 e. The zero-order valence-electron chi connectivity index (χ0n) is 10.9. The lowest BCUT2D eigenvalue weighted by atomic mass is 9.99. The van der Waals surface area contributed by atoms with E-state index in [9.17, 15) is 4.79 Å². The number of hydrogen-bond acceptors (Lipinski definition) is 3. The molecule has 0 bridgehead atoms. The Kier molecular flexibility index (Phi) is 3.87. The number of hydrogen-bond donors (Lipinski definition) is 1. The lowest BCUT2D eigenvalue weighted by Gasteiger charge is -2.33. The summed E-state index contributed by atoms with van der Waals surface area (Å²) in [6.45, 7) is 5.89. The van der Waals surface area contributed by atoms with Crippen molar-refractivity contribution in [3.63, 3.8) is 0 Å². The van der Waals surface area contributed by atoms with Crippen LogP contribution in [0.5, 0.6) is 0 Å². The summed E-state index contributed by atoms with van der Waals surface area (Å²) in [4.78, 5) is 14.3. The molecule has 0 aromatic heterocycles. The van der Waals surface area contributed by atoms with E-state index < -0.39 is 0 Å². The van der Waals surface area contributed by atoms with Crippen LogP contribution < -0.4 is 5.73 Å². The molecule has 0 saturated carbocycles. The van der Waals surface area contributed by atoms with Crippen LogP contribution in [-0.4, -0.2) is 36.6 Å². The summed E-state index contributed by atoms with van der Waals surface area (Å²) < 4.78 is 5.45. The van der Waals surface area contributed by atoms with E-state index in [1.165, 1.54) is 0 Å². The Hall–Kier alpha value is -1.55. The summed E-state index contributed by atoms with van der Waals surface area (Å²) in [6, 6.07) is 7.53. The number of carbonyl (C=O) groups is 1. The van der Waals surface area contributed by atoms with Crippen LogP contribution in [0.15, 0.2) is 24.3 Å². The van der Waals surface area contributed by atoms with E-state index in [1.807, 2.05) is 43.0 Å². The molecule has 1 fully saturated rings. The van der Waals surface area contributed by atoms with Gasteiger partial charge in [0.25, 0.3) is 0 Å². The van der Waals surface area contributed by atoms with Gasteiger partial charge in [-0.2, -0.15) is 0 Å². The third-order valence-corrected chi connectivity index (χ3v) is 3.33. The third kappa shape index (κ3) is 2.82. The second-order valence-electron chi connectivity index (χ2n) is 4.86. The third-order valence-electron chi connectivity index (χ3n) is 3.33. The summed E-state index contributed by atoms with van der Waals surface area (Å²) in [5.74, 6) is -0.00505. The van der Waals surface area contributed by atoms with Gasteiger partial charge in [-0.25, -0.2) is 0 Å². The molecule has 0 spiro atoms. The molecule has 4 heteroatoms. The Balaban J connectivity index is 2.08. The first-order valence-corrected chi connectivity index (χ1v) is 6.33. The maximum absolute atomic E-state index is 12.4. The van der Waals surface area contributed by atoms with Crippen LogP contribution in [0.4, 0.5) is 5.69 Å². The summed E-state index contributed by atoms with van der Waals surface area (Å²) >= 11 is 0. The molecule has 2 unspecified atom stereocenters. The van der Waals surface area contributed by atoms with Gasteiger partial charge in [-0.05, 0) is 31.5 Å². The Morgan fingerprint density at radius 3 is 3.00 bits per heavy atom. The standard InChI is InChI=1S/C14H20N2O2/c1-10-9-16(6-7-18-10)14(17)11(2)12-4-3-5-13(15)8-12/h3-5,8,10-11H,6-7,9,15H2,1-2H3. The van der Waals surface area contributed by atoms with Gasteiger partial charge in [-0.1, -0.05) is 12.1 Å². The molecule has 1 heterocycles. The molecular weight excluding hydrogens is 228 g/mol. The van der Waals surface area contributed by atoms with Crippen LogP contribution in [-0.2, 0) is 9.53 Å². The topological polar surface area (TPSA) is 55.6 Å². The maximum atomic E-state index is 12.4. The summed E-state index contributed by atoms with van der Waals surface area (Å²) in [5.41, 5.74) is 7.42. The minimum absolute atomic E-state index is 0.121. The van der Waals surface area contributed by atoms with Crippen LogP contribution in [0, 0.1) is 0 Å². The molecule has 1 aliphatic rings. The number of ether oxygens (including phenoxy) is 1. The molecule has 0 aliphatic carbocycles. The van der Waals surface area contributed by atoms with Crippen molar-refractivity contribution in [2.75, 3.05) is 25.4 Å². The highest BCUT2D eigenvalue weighted by Crippen LogP contribution is 2.21. The van der Waals surface area contributed by atoms with E-state index in [2.05, 4.69) is 0 Å². The number of nitrogens with zero attached hydrogens (tertiary/aromatic N) is 1. The Morgan fingerprint density at radius 2 is 2.33 bits per heavy atom. The molecule has 1 aromatic rings. The molecule has 1 aromatic carbocycles. The first kappa shape index (κ1) is 12.9. The van der Waals surface area contributed by atoms with Gasteiger partial charge in [0.15, 0.2) is 0 Å². The zero-order valence-corrected chi connectivity index (χ0v) is 10.9. The predicted molar refractivity (Wildman–Crippen MR) is 71.3 cm³/mol. The van der Waals surface area contributed by atoms with Gasteiger partial charge < -0.3 is 15.4 Å². The lowest BCUT2D eigenvalue weighted by Crippen LogP contribution is -2.46. The number of rotatable bonds is 2. The fraction of sp³-hybridized carbons (Fsp3) is 0.500. The van der Waals surface area contributed by atoms with Crippen molar-refractivity contribution in [1.82, 2.24) is 4.90 Å². The fourth-order valence-electron chi connectivity index (χ4n) is 2.26. The number of morpholine rings is 1. The normalized spacial score (nSPS) is 21.7. The SMILES string of the molecule is CC1CN(C(=O)C(C)c2cccc(N)c2)CCO1. The molecule has 2 N–H and O–H groups in total. The molecule has 0 radical (unpaired) electrons. The fourth-order valence-corrected chi connectivity index (χ4v) is 2.26. The minimum atomic E-state index is -0.154. The maximum Gasteiger partial charge on any atom is 0.229 e. The van der Waals surface area contributed by atoms with Gasteiger partial charge in [0.2, 0.25) is 5.91 Å². The van der Waals surface area contributed by atoms with Crippen LogP contribution in [0.2, 0.25) is 0 Å². The van der Waals surface area contributed by atoms with Gasteiger partial charge >= 0.3 is 0 Å². The average molecular weight is 248 g/mol. The quantitative estimate of drug-likeness (QED) is 0.809. The number of carbonyl (C=O) groups excluding carboxylic acids is 1. The van der Waals surface area contributed by atoms with Crippen LogP contribution in [0.25, 0.3) is 0 Å². The molecule has 98 valence electrons. The van der Waals surface area contributed by atoms with E-state index in [1.54, 1.807) is 0 Å². The number of nitrogens with two attached hydrogens (primary N) is 1. The number of nitrogen functional groups attached to an aromatic ring is 1. The summed E-state index contributed by atoms with van der Waals surface area (Å²) in [5, 5.41) is 0. The van der Waals surface area contributed by atoms with E-state index in [-0.39, 0.29) is 17.9 Å². The second-order valence-corrected chi connectivity index (χ2v) is 4.86. The number of anilines is 1. The number of amides is 1. The Bertz CT molecular complexity index is 434. The van der Waals surface area contributed by atoms with Crippen molar-refractivity contribution < 1.29 is 9.53 Å². The van der Waals surface area contributed by atoms with Crippen LogP contribution in [0.1, 0.15) is 25.3 Å². The lowest BCUT2D eigenvalue weighted by molar-refractivity contribution is -0.139. The average Bonchev–Trinajstić information content (AvgIpc) is 2.37. The van der Waals surface area contributed by atoms with Crippen LogP contribution in [0.3, 0.4) is 0 Å². The highest BCUT2D eigenvalue weighted by atomic mass is 16.5. The van der Waals surface area contributed by atoms with Crippen LogP contribution >= 0.6 is 0 Å². The molecule has 1 amide bonds. The van der Waals surface area contributed by atoms with E-state index in [0.717, 1.165) is 5.56 Å². The highest BCUT2D eigenvalue weighted by molar-refractivity contribution is 5.83. The molecular formula is C14H20N2O2. The van der Waals surface area contributed by atoms with Crippen molar-refractivity contribution in [2.45, 2.75) is 25.9 Å². The van der Waals surface area contributed by atoms with E-state index >= 15 is 0 Å². The van der Waals surface area contributed by atoms with Gasteiger partial charge in [-0.3, -0.25) is 4.79 Å². The first-order chi connectivity index (χ1) is 8.58. The van der Waals surface area contributed by atoms with Gasteiger partial charge in [-0.15, -0.1) is 0 Å². The second kappa shape index (κ2) is 5.40. The summed E-state index contributed by atoms with van der Waals surface area (Å²) in [7, 11) is 0. The molecule has 2 rings (SSSR count). The van der Waals surface area contributed by atoms with Gasteiger partial charge in [0.1, 0.15) is 0 Å². The van der Waals surface area contributed by atoms with Crippen molar-refractivity contribution >= 4 is 11.6 Å². The largest absolute Gasteiger partial charge is 0.399 e. The van der Waals surface area contributed by atoms with Crippen molar-refractivity contribution in [3.05, 3.63) is 29.8 Å². The first-order valence-electron chi connectivity index (χ1n) is 6.33. The predicted octanol–water partition coefficient (Wildman–Crippen LogP) is 1.62. The Labute approximate surface area is 108 Å². The molecule has 4 nitrogen and oxygen atoms in total. The van der Waals surface area contributed by atoms with Gasteiger partial charge in [0, 0.05) is 18.8 Å².